The van der Waals surface area contributed by atoms with E-state index in [4.69, 9.17) is 5.73 Å². The number of likely N-dealkylation sites (tertiary alicyclic amines) is 1. The molecular formula is C17H26ClFN4O2. The molecule has 1 aliphatic rings. The van der Waals surface area contributed by atoms with Crippen LogP contribution in [0.25, 0.3) is 0 Å². The van der Waals surface area contributed by atoms with Gasteiger partial charge in [0.1, 0.15) is 5.82 Å². The molecular weight excluding hydrogens is 347 g/mol. The minimum atomic E-state index is -0.294. The standard InChI is InChI=1S/C17H25FN4O2.ClH/c18-15-5-3-13(4-6-15)10-21-16(23)12-22-9-1-2-14(11-22)17(24)20-8-7-19;/h3-6,14H,1-2,7-12,19H2,(H,20,24)(H,21,23);1H. The second-order valence-corrected chi connectivity index (χ2v) is 6.06. The molecule has 6 nitrogen and oxygen atoms in total. The van der Waals surface area contributed by atoms with E-state index in [1.165, 1.54) is 12.1 Å². The van der Waals surface area contributed by atoms with Crippen LogP contribution in [0.4, 0.5) is 4.39 Å². The van der Waals surface area contributed by atoms with Gasteiger partial charge in [-0.15, -0.1) is 12.4 Å². The second-order valence-electron chi connectivity index (χ2n) is 6.06. The summed E-state index contributed by atoms with van der Waals surface area (Å²) in [6.45, 7) is 2.93. The first kappa shape index (κ1) is 21.3. The molecule has 0 radical (unpaired) electrons. The van der Waals surface area contributed by atoms with Gasteiger partial charge in [-0.2, -0.15) is 0 Å². The summed E-state index contributed by atoms with van der Waals surface area (Å²) in [6.07, 6.45) is 1.73. The molecule has 0 spiro atoms. The summed E-state index contributed by atoms with van der Waals surface area (Å²) in [7, 11) is 0. The van der Waals surface area contributed by atoms with Crippen molar-refractivity contribution >= 4 is 24.2 Å². The first-order valence-electron chi connectivity index (χ1n) is 8.29. The van der Waals surface area contributed by atoms with Crippen LogP contribution < -0.4 is 16.4 Å². The molecule has 25 heavy (non-hydrogen) atoms. The van der Waals surface area contributed by atoms with Crippen molar-refractivity contribution in [2.75, 3.05) is 32.7 Å². The Labute approximate surface area is 153 Å². The summed E-state index contributed by atoms with van der Waals surface area (Å²) in [4.78, 5) is 26.1. The van der Waals surface area contributed by atoms with Crippen LogP contribution in [0.1, 0.15) is 18.4 Å². The molecule has 1 fully saturated rings. The van der Waals surface area contributed by atoms with Crippen molar-refractivity contribution in [1.29, 1.82) is 0 Å². The van der Waals surface area contributed by atoms with Crippen LogP contribution in [0.15, 0.2) is 24.3 Å². The van der Waals surface area contributed by atoms with Crippen LogP contribution in [0.3, 0.4) is 0 Å². The highest BCUT2D eigenvalue weighted by Crippen LogP contribution is 2.16. The van der Waals surface area contributed by atoms with Crippen molar-refractivity contribution in [3.8, 4) is 0 Å². The lowest BCUT2D eigenvalue weighted by molar-refractivity contribution is -0.128. The third-order valence-electron chi connectivity index (χ3n) is 4.09. The van der Waals surface area contributed by atoms with Gasteiger partial charge in [0.05, 0.1) is 12.5 Å². The van der Waals surface area contributed by atoms with Crippen molar-refractivity contribution in [1.82, 2.24) is 15.5 Å². The summed E-state index contributed by atoms with van der Waals surface area (Å²) in [5.74, 6) is -0.466. The van der Waals surface area contributed by atoms with E-state index in [-0.39, 0.29) is 42.5 Å². The van der Waals surface area contributed by atoms with E-state index in [0.717, 1.165) is 24.9 Å². The highest BCUT2D eigenvalue weighted by Gasteiger charge is 2.26. The minimum absolute atomic E-state index is 0. The normalized spacial score (nSPS) is 17.4. The van der Waals surface area contributed by atoms with Gasteiger partial charge in [0.2, 0.25) is 11.8 Å². The number of nitrogens with zero attached hydrogens (tertiary/aromatic N) is 1. The third kappa shape index (κ3) is 7.37. The zero-order valence-corrected chi connectivity index (χ0v) is 15.0. The fourth-order valence-electron chi connectivity index (χ4n) is 2.81. The Balaban J connectivity index is 0.00000312. The zero-order valence-electron chi connectivity index (χ0n) is 14.2. The first-order chi connectivity index (χ1) is 11.6. The van der Waals surface area contributed by atoms with Gasteiger partial charge in [-0.1, -0.05) is 12.1 Å². The van der Waals surface area contributed by atoms with E-state index in [0.29, 0.717) is 26.2 Å². The molecule has 140 valence electrons. The van der Waals surface area contributed by atoms with Crippen LogP contribution in [0, 0.1) is 11.7 Å². The lowest BCUT2D eigenvalue weighted by atomic mass is 9.97. The van der Waals surface area contributed by atoms with Gasteiger partial charge >= 0.3 is 0 Å². The number of hydrogen-bond donors (Lipinski definition) is 3. The van der Waals surface area contributed by atoms with E-state index in [1.807, 2.05) is 4.90 Å². The van der Waals surface area contributed by atoms with Gasteiger partial charge in [0.25, 0.3) is 0 Å². The van der Waals surface area contributed by atoms with E-state index < -0.39 is 0 Å². The SMILES string of the molecule is Cl.NCCNC(=O)C1CCCN(CC(=O)NCc2ccc(F)cc2)C1. The molecule has 1 heterocycles. The molecule has 4 N–H and O–H groups in total. The van der Waals surface area contributed by atoms with Gasteiger partial charge in [-0.3, -0.25) is 14.5 Å². The molecule has 1 unspecified atom stereocenters. The van der Waals surface area contributed by atoms with Crippen LogP contribution >= 0.6 is 12.4 Å². The fourth-order valence-corrected chi connectivity index (χ4v) is 2.81. The average Bonchev–Trinajstić information content (AvgIpc) is 2.59. The Morgan fingerprint density at radius 3 is 2.64 bits per heavy atom. The Hall–Kier alpha value is -1.70. The van der Waals surface area contributed by atoms with Gasteiger partial charge in [0.15, 0.2) is 0 Å². The molecule has 0 aromatic heterocycles. The smallest absolute Gasteiger partial charge is 0.234 e. The zero-order chi connectivity index (χ0) is 17.4. The highest BCUT2D eigenvalue weighted by atomic mass is 35.5. The number of carbonyl (C=O) groups is 2. The van der Waals surface area contributed by atoms with Gasteiger partial charge in [-0.05, 0) is 37.1 Å². The van der Waals surface area contributed by atoms with Crippen molar-refractivity contribution in [3.63, 3.8) is 0 Å². The topological polar surface area (TPSA) is 87.5 Å². The minimum Gasteiger partial charge on any atom is -0.355 e. The Morgan fingerprint density at radius 2 is 1.96 bits per heavy atom. The molecule has 0 aliphatic carbocycles. The fraction of sp³-hybridized carbons (Fsp3) is 0.529. The number of carbonyl (C=O) groups excluding carboxylic acids is 2. The highest BCUT2D eigenvalue weighted by molar-refractivity contribution is 5.85. The number of piperidine rings is 1. The van der Waals surface area contributed by atoms with Crippen molar-refractivity contribution in [2.45, 2.75) is 19.4 Å². The number of rotatable bonds is 7. The van der Waals surface area contributed by atoms with Gasteiger partial charge in [-0.25, -0.2) is 4.39 Å². The Kier molecular flexibility index (Phi) is 9.41. The molecule has 2 rings (SSSR count). The average molecular weight is 373 g/mol. The maximum absolute atomic E-state index is 12.8. The number of amides is 2. The van der Waals surface area contributed by atoms with Crippen molar-refractivity contribution in [3.05, 3.63) is 35.6 Å². The molecule has 1 atom stereocenters. The Morgan fingerprint density at radius 1 is 1.24 bits per heavy atom. The van der Waals surface area contributed by atoms with E-state index >= 15 is 0 Å². The molecule has 0 bridgehead atoms. The summed E-state index contributed by atoms with van der Waals surface area (Å²) >= 11 is 0. The largest absolute Gasteiger partial charge is 0.355 e. The lowest BCUT2D eigenvalue weighted by Crippen LogP contribution is -2.47. The van der Waals surface area contributed by atoms with Crippen LogP contribution in [-0.4, -0.2) is 49.4 Å². The molecule has 1 aromatic rings. The lowest BCUT2D eigenvalue weighted by Gasteiger charge is -2.31. The summed E-state index contributed by atoms with van der Waals surface area (Å²) in [5, 5.41) is 5.63. The predicted molar refractivity (Wildman–Crippen MR) is 96.7 cm³/mol. The molecule has 8 heteroatoms. The quantitative estimate of drug-likeness (QED) is 0.656. The van der Waals surface area contributed by atoms with Gasteiger partial charge < -0.3 is 16.4 Å². The van der Waals surface area contributed by atoms with Gasteiger partial charge in [0, 0.05) is 26.2 Å². The second kappa shape index (κ2) is 11.0. The molecule has 2 amide bonds. The van der Waals surface area contributed by atoms with Crippen LogP contribution in [-0.2, 0) is 16.1 Å². The van der Waals surface area contributed by atoms with Crippen LogP contribution in [0.5, 0.6) is 0 Å². The Bertz CT molecular complexity index is 556. The first-order valence-corrected chi connectivity index (χ1v) is 8.29. The summed E-state index contributed by atoms with van der Waals surface area (Å²) < 4.78 is 12.8. The van der Waals surface area contributed by atoms with Crippen LogP contribution in [0.2, 0.25) is 0 Å². The molecule has 1 aliphatic heterocycles. The number of halogens is 2. The monoisotopic (exact) mass is 372 g/mol. The van der Waals surface area contributed by atoms with Crippen molar-refractivity contribution < 1.29 is 14.0 Å². The molecule has 0 saturated carbocycles. The summed E-state index contributed by atoms with van der Waals surface area (Å²) in [6, 6.07) is 6.04. The molecule has 1 aromatic carbocycles. The number of nitrogens with two attached hydrogens (primary N) is 1. The molecule has 1 saturated heterocycles. The third-order valence-corrected chi connectivity index (χ3v) is 4.09. The summed E-state index contributed by atoms with van der Waals surface area (Å²) in [5.41, 5.74) is 6.24. The maximum Gasteiger partial charge on any atom is 0.234 e. The van der Waals surface area contributed by atoms with E-state index in [9.17, 15) is 14.0 Å². The van der Waals surface area contributed by atoms with E-state index in [2.05, 4.69) is 10.6 Å². The number of nitrogens with one attached hydrogen (secondary N) is 2. The maximum atomic E-state index is 12.8. The number of hydrogen-bond acceptors (Lipinski definition) is 4. The predicted octanol–water partition coefficient (Wildman–Crippen LogP) is 0.651. The number of benzene rings is 1. The van der Waals surface area contributed by atoms with Crippen molar-refractivity contribution in [2.24, 2.45) is 11.7 Å². The van der Waals surface area contributed by atoms with E-state index in [1.54, 1.807) is 12.1 Å².